The van der Waals surface area contributed by atoms with Crippen LogP contribution in [0.4, 0.5) is 0 Å². The van der Waals surface area contributed by atoms with Crippen LogP contribution in [0.25, 0.3) is 11.4 Å². The van der Waals surface area contributed by atoms with E-state index < -0.39 is 17.9 Å². The summed E-state index contributed by atoms with van der Waals surface area (Å²) in [7, 11) is 0. The Morgan fingerprint density at radius 1 is 1.43 bits per heavy atom. The van der Waals surface area contributed by atoms with Gasteiger partial charge in [0.15, 0.2) is 0 Å². The number of aromatic amines is 1. The molecule has 2 aromatic rings. The second-order valence-corrected chi connectivity index (χ2v) is 4.47. The van der Waals surface area contributed by atoms with Gasteiger partial charge in [-0.1, -0.05) is 25.5 Å². The number of rotatable bonds is 6. The SMILES string of the molecule is CCCC(NC(=O)c1cccc(-c2nn[nH]n2)c1)C(=O)O. The first-order valence-corrected chi connectivity index (χ1v) is 6.49. The van der Waals surface area contributed by atoms with Crippen LogP contribution in [0, 0.1) is 0 Å². The van der Waals surface area contributed by atoms with E-state index in [9.17, 15) is 9.59 Å². The van der Waals surface area contributed by atoms with Gasteiger partial charge in [-0.05, 0) is 23.8 Å². The Balaban J connectivity index is 2.16. The summed E-state index contributed by atoms with van der Waals surface area (Å²) in [6.45, 7) is 1.86. The van der Waals surface area contributed by atoms with Crippen LogP contribution in [0.3, 0.4) is 0 Å². The standard InChI is InChI=1S/C13H15N5O3/c1-2-4-10(13(20)21)14-12(19)9-6-3-5-8(7-9)11-15-17-18-16-11/h3,5-7,10H,2,4H2,1H3,(H,14,19)(H,20,21)(H,15,16,17,18). The number of carbonyl (C=O) groups excluding carboxylic acids is 1. The molecule has 1 heterocycles. The van der Waals surface area contributed by atoms with Crippen molar-refractivity contribution in [2.75, 3.05) is 0 Å². The smallest absolute Gasteiger partial charge is 0.326 e. The first kappa shape index (κ1) is 14.6. The second-order valence-electron chi connectivity index (χ2n) is 4.47. The Labute approximate surface area is 120 Å². The molecule has 110 valence electrons. The van der Waals surface area contributed by atoms with E-state index >= 15 is 0 Å². The van der Waals surface area contributed by atoms with Crippen LogP contribution in [-0.4, -0.2) is 43.6 Å². The molecule has 1 atom stereocenters. The molecule has 0 aliphatic rings. The minimum Gasteiger partial charge on any atom is -0.480 e. The van der Waals surface area contributed by atoms with E-state index in [0.29, 0.717) is 29.8 Å². The normalized spacial score (nSPS) is 11.9. The summed E-state index contributed by atoms with van der Waals surface area (Å²) in [6, 6.07) is 5.71. The monoisotopic (exact) mass is 289 g/mol. The van der Waals surface area contributed by atoms with E-state index in [1.807, 2.05) is 6.92 Å². The lowest BCUT2D eigenvalue weighted by molar-refractivity contribution is -0.139. The minimum absolute atomic E-state index is 0.347. The van der Waals surface area contributed by atoms with Gasteiger partial charge in [-0.15, -0.1) is 10.2 Å². The molecule has 1 aromatic carbocycles. The van der Waals surface area contributed by atoms with Crippen molar-refractivity contribution in [1.82, 2.24) is 25.9 Å². The van der Waals surface area contributed by atoms with Crippen LogP contribution in [-0.2, 0) is 4.79 Å². The molecule has 0 fully saturated rings. The molecular weight excluding hydrogens is 274 g/mol. The number of hydrogen-bond acceptors (Lipinski definition) is 5. The van der Waals surface area contributed by atoms with Gasteiger partial charge in [-0.3, -0.25) is 4.79 Å². The highest BCUT2D eigenvalue weighted by Gasteiger charge is 2.19. The summed E-state index contributed by atoms with van der Waals surface area (Å²) in [5.74, 6) is -1.12. The Hall–Kier alpha value is -2.77. The van der Waals surface area contributed by atoms with Gasteiger partial charge in [0.1, 0.15) is 6.04 Å². The maximum Gasteiger partial charge on any atom is 0.326 e. The van der Waals surface area contributed by atoms with Crippen LogP contribution < -0.4 is 5.32 Å². The predicted molar refractivity (Wildman–Crippen MR) is 73.4 cm³/mol. The number of carbonyl (C=O) groups is 2. The number of aliphatic carboxylic acids is 1. The predicted octanol–water partition coefficient (Wildman–Crippen LogP) is 0.850. The number of H-pyrrole nitrogens is 1. The summed E-state index contributed by atoms with van der Waals surface area (Å²) in [6.07, 6.45) is 1.05. The lowest BCUT2D eigenvalue weighted by atomic mass is 10.1. The van der Waals surface area contributed by atoms with Crippen molar-refractivity contribution in [1.29, 1.82) is 0 Å². The van der Waals surface area contributed by atoms with Gasteiger partial charge in [0.05, 0.1) is 0 Å². The van der Waals surface area contributed by atoms with Crippen molar-refractivity contribution in [3.05, 3.63) is 29.8 Å². The van der Waals surface area contributed by atoms with Crippen LogP contribution in [0.1, 0.15) is 30.1 Å². The zero-order chi connectivity index (χ0) is 15.2. The quantitative estimate of drug-likeness (QED) is 0.725. The third kappa shape index (κ3) is 3.62. The van der Waals surface area contributed by atoms with Crippen molar-refractivity contribution < 1.29 is 14.7 Å². The number of nitrogens with one attached hydrogen (secondary N) is 2. The van der Waals surface area contributed by atoms with E-state index in [-0.39, 0.29) is 0 Å². The summed E-state index contributed by atoms with van der Waals surface area (Å²) < 4.78 is 0. The number of benzene rings is 1. The van der Waals surface area contributed by atoms with Crippen molar-refractivity contribution in [3.8, 4) is 11.4 Å². The van der Waals surface area contributed by atoms with Crippen molar-refractivity contribution in [3.63, 3.8) is 0 Å². The molecule has 0 saturated carbocycles. The van der Waals surface area contributed by atoms with E-state index in [0.717, 1.165) is 0 Å². The summed E-state index contributed by atoms with van der Waals surface area (Å²) in [5, 5.41) is 25.0. The van der Waals surface area contributed by atoms with Gasteiger partial charge in [0.2, 0.25) is 5.82 Å². The molecule has 0 aliphatic carbocycles. The lowest BCUT2D eigenvalue weighted by Crippen LogP contribution is -2.40. The summed E-state index contributed by atoms with van der Waals surface area (Å²) >= 11 is 0. The van der Waals surface area contributed by atoms with E-state index in [1.54, 1.807) is 24.3 Å². The molecule has 3 N–H and O–H groups in total. The largest absolute Gasteiger partial charge is 0.480 e. The lowest BCUT2D eigenvalue weighted by Gasteiger charge is -2.13. The van der Waals surface area contributed by atoms with Crippen LogP contribution in [0.2, 0.25) is 0 Å². The Kier molecular flexibility index (Phi) is 4.60. The maximum atomic E-state index is 12.1. The molecule has 0 aliphatic heterocycles. The van der Waals surface area contributed by atoms with Crippen LogP contribution >= 0.6 is 0 Å². The fourth-order valence-corrected chi connectivity index (χ4v) is 1.87. The average Bonchev–Trinajstić information content (AvgIpc) is 3.01. The molecule has 0 bridgehead atoms. The molecule has 8 nitrogen and oxygen atoms in total. The van der Waals surface area contributed by atoms with Gasteiger partial charge < -0.3 is 10.4 Å². The highest BCUT2D eigenvalue weighted by molar-refractivity contribution is 5.97. The molecule has 2 rings (SSSR count). The second kappa shape index (κ2) is 6.60. The number of carboxylic acids is 1. The Morgan fingerprint density at radius 2 is 2.24 bits per heavy atom. The zero-order valence-corrected chi connectivity index (χ0v) is 11.4. The van der Waals surface area contributed by atoms with Crippen molar-refractivity contribution >= 4 is 11.9 Å². The molecule has 1 unspecified atom stereocenters. The van der Waals surface area contributed by atoms with Crippen LogP contribution in [0.15, 0.2) is 24.3 Å². The Bertz CT molecular complexity index is 626. The number of amides is 1. The fourth-order valence-electron chi connectivity index (χ4n) is 1.87. The van der Waals surface area contributed by atoms with Crippen molar-refractivity contribution in [2.24, 2.45) is 0 Å². The fraction of sp³-hybridized carbons (Fsp3) is 0.308. The van der Waals surface area contributed by atoms with Crippen LogP contribution in [0.5, 0.6) is 0 Å². The third-order valence-corrected chi connectivity index (χ3v) is 2.91. The number of carboxylic acid groups (broad SMARTS) is 1. The first-order chi connectivity index (χ1) is 10.1. The summed E-state index contributed by atoms with van der Waals surface area (Å²) in [4.78, 5) is 23.2. The number of hydrogen-bond donors (Lipinski definition) is 3. The van der Waals surface area contributed by atoms with E-state index in [4.69, 9.17) is 5.11 Å². The van der Waals surface area contributed by atoms with E-state index in [2.05, 4.69) is 25.9 Å². The molecular formula is C13H15N5O3. The molecule has 1 aromatic heterocycles. The van der Waals surface area contributed by atoms with Crippen molar-refractivity contribution in [2.45, 2.75) is 25.8 Å². The Morgan fingerprint density at radius 3 is 2.86 bits per heavy atom. The summed E-state index contributed by atoms with van der Waals surface area (Å²) in [5.41, 5.74) is 0.971. The van der Waals surface area contributed by atoms with Gasteiger partial charge in [-0.25, -0.2) is 4.79 Å². The molecule has 0 radical (unpaired) electrons. The van der Waals surface area contributed by atoms with Gasteiger partial charge in [0.25, 0.3) is 5.91 Å². The number of nitrogens with zero attached hydrogens (tertiary/aromatic N) is 3. The topological polar surface area (TPSA) is 121 Å². The van der Waals surface area contributed by atoms with Gasteiger partial charge in [-0.2, -0.15) is 5.21 Å². The first-order valence-electron chi connectivity index (χ1n) is 6.49. The zero-order valence-electron chi connectivity index (χ0n) is 11.4. The maximum absolute atomic E-state index is 12.1. The molecule has 21 heavy (non-hydrogen) atoms. The van der Waals surface area contributed by atoms with E-state index in [1.165, 1.54) is 0 Å². The average molecular weight is 289 g/mol. The molecule has 0 spiro atoms. The number of aromatic nitrogens is 4. The van der Waals surface area contributed by atoms with Gasteiger partial charge in [0, 0.05) is 11.1 Å². The van der Waals surface area contributed by atoms with Gasteiger partial charge >= 0.3 is 5.97 Å². The minimum atomic E-state index is -1.04. The highest BCUT2D eigenvalue weighted by Crippen LogP contribution is 2.15. The molecule has 1 amide bonds. The third-order valence-electron chi connectivity index (χ3n) is 2.91. The highest BCUT2D eigenvalue weighted by atomic mass is 16.4. The number of tetrazole rings is 1. The molecule has 8 heteroatoms. The molecule has 0 saturated heterocycles.